The van der Waals surface area contributed by atoms with E-state index in [4.69, 9.17) is 16.2 Å². The maximum Gasteiger partial charge on any atom is 0.405 e. The predicted molar refractivity (Wildman–Crippen MR) is 132 cm³/mol. The quantitative estimate of drug-likeness (QED) is 0.401. The largest absolute Gasteiger partial charge is 0.442 e. The van der Waals surface area contributed by atoms with Gasteiger partial charge in [0.1, 0.15) is 11.4 Å². The number of nitrogen functional groups attached to an aromatic ring is 1. The number of pyridine rings is 1. The van der Waals surface area contributed by atoms with Crippen molar-refractivity contribution in [3.63, 3.8) is 0 Å². The van der Waals surface area contributed by atoms with Gasteiger partial charge in [0.15, 0.2) is 0 Å². The summed E-state index contributed by atoms with van der Waals surface area (Å²) in [5, 5.41) is 13.8. The third-order valence-corrected chi connectivity index (χ3v) is 7.13. The number of carbonyl (C=O) groups is 1. The van der Waals surface area contributed by atoms with Crippen molar-refractivity contribution < 1.29 is 13.9 Å². The van der Waals surface area contributed by atoms with E-state index in [2.05, 4.69) is 32.3 Å². The second kappa shape index (κ2) is 9.85. The van der Waals surface area contributed by atoms with Crippen LogP contribution in [-0.4, -0.2) is 22.7 Å². The number of rotatable bonds is 6. The van der Waals surface area contributed by atoms with Gasteiger partial charge in [-0.1, -0.05) is 30.3 Å². The number of amides is 1. The van der Waals surface area contributed by atoms with E-state index in [-0.39, 0.29) is 18.4 Å². The molecule has 5 N–H and O–H groups in total. The maximum absolute atomic E-state index is 14.0. The number of nitriles is 1. The number of aromatic nitrogens is 1. The summed E-state index contributed by atoms with van der Waals surface area (Å²) in [6, 6.07) is 15.1. The predicted octanol–water partition coefficient (Wildman–Crippen LogP) is 5.29. The summed E-state index contributed by atoms with van der Waals surface area (Å²) in [5.41, 5.74) is 13.4. The molecule has 7 nitrogen and oxygen atoms in total. The van der Waals surface area contributed by atoms with E-state index in [1.54, 1.807) is 6.07 Å². The summed E-state index contributed by atoms with van der Waals surface area (Å²) >= 11 is 3.24. The normalized spacial score (nSPS) is 22.1. The Balaban J connectivity index is 1.66. The molecule has 9 heteroatoms. The van der Waals surface area contributed by atoms with E-state index in [9.17, 15) is 14.4 Å². The van der Waals surface area contributed by atoms with Gasteiger partial charge in [-0.25, -0.2) is 9.18 Å². The summed E-state index contributed by atoms with van der Waals surface area (Å²) < 4.78 is 20.0. The minimum atomic E-state index is -0.966. The Hall–Kier alpha value is -3.38. The molecule has 0 spiro atoms. The molecule has 0 saturated heterocycles. The number of primary amides is 1. The smallest absolute Gasteiger partial charge is 0.405 e. The van der Waals surface area contributed by atoms with Crippen molar-refractivity contribution in [2.45, 2.75) is 43.7 Å². The van der Waals surface area contributed by atoms with E-state index < -0.39 is 17.5 Å². The Kier molecular flexibility index (Phi) is 6.89. The SMILES string of the molecule is N#CCC1(OC(N)=O)CCC(Nc2c(N)cnc3cc(F)c(Br)cc23)CC1Cc1ccccc1. The number of nitrogens with zero attached hydrogens (tertiary/aromatic N) is 2. The zero-order valence-electron chi connectivity index (χ0n) is 18.4. The average molecular weight is 526 g/mol. The lowest BCUT2D eigenvalue weighted by Crippen LogP contribution is -2.50. The van der Waals surface area contributed by atoms with Gasteiger partial charge >= 0.3 is 6.09 Å². The molecule has 3 unspecified atom stereocenters. The molecular formula is C25H25BrFN5O2. The second-order valence-electron chi connectivity index (χ2n) is 8.70. The number of hydrogen-bond acceptors (Lipinski definition) is 6. The Bertz CT molecular complexity index is 1250. The first-order chi connectivity index (χ1) is 16.3. The number of carbonyl (C=O) groups excluding carboxylic acids is 1. The first-order valence-corrected chi connectivity index (χ1v) is 11.8. The minimum Gasteiger partial charge on any atom is -0.442 e. The Morgan fingerprint density at radius 3 is 2.82 bits per heavy atom. The van der Waals surface area contributed by atoms with Crippen LogP contribution in [0, 0.1) is 23.1 Å². The molecule has 1 aliphatic rings. The molecule has 1 saturated carbocycles. The van der Waals surface area contributed by atoms with E-state index in [1.807, 2.05) is 30.3 Å². The molecule has 1 fully saturated rings. The Morgan fingerprint density at radius 2 is 2.12 bits per heavy atom. The van der Waals surface area contributed by atoms with E-state index >= 15 is 0 Å². The summed E-state index contributed by atoms with van der Waals surface area (Å²) in [6.07, 6.45) is 3.04. The van der Waals surface area contributed by atoms with Gasteiger partial charge in [-0.15, -0.1) is 0 Å². The highest BCUT2D eigenvalue weighted by Gasteiger charge is 2.46. The van der Waals surface area contributed by atoms with Crippen LogP contribution in [0.5, 0.6) is 0 Å². The van der Waals surface area contributed by atoms with Gasteiger partial charge in [0, 0.05) is 23.4 Å². The van der Waals surface area contributed by atoms with Crippen molar-refractivity contribution >= 4 is 44.3 Å². The van der Waals surface area contributed by atoms with Gasteiger partial charge in [0.25, 0.3) is 0 Å². The van der Waals surface area contributed by atoms with Gasteiger partial charge in [-0.3, -0.25) is 4.98 Å². The molecule has 3 aromatic rings. The van der Waals surface area contributed by atoms with Crippen molar-refractivity contribution in [1.82, 2.24) is 4.98 Å². The third-order valence-electron chi connectivity index (χ3n) is 6.52. The van der Waals surface area contributed by atoms with Crippen molar-refractivity contribution in [2.75, 3.05) is 11.1 Å². The van der Waals surface area contributed by atoms with Gasteiger partial charge in [0.2, 0.25) is 0 Å². The monoisotopic (exact) mass is 525 g/mol. The third kappa shape index (κ3) is 4.92. The van der Waals surface area contributed by atoms with Crippen LogP contribution in [0.1, 0.15) is 31.2 Å². The number of ether oxygens (including phenoxy) is 1. The molecule has 1 aliphatic carbocycles. The molecular weight excluding hydrogens is 501 g/mol. The number of benzene rings is 2. The van der Waals surface area contributed by atoms with Crippen LogP contribution < -0.4 is 16.8 Å². The first-order valence-electron chi connectivity index (χ1n) is 11.0. The van der Waals surface area contributed by atoms with Crippen LogP contribution in [0.3, 0.4) is 0 Å². The minimum absolute atomic E-state index is 0.0197. The molecule has 1 amide bonds. The topological polar surface area (TPSA) is 127 Å². The summed E-state index contributed by atoms with van der Waals surface area (Å²) in [6.45, 7) is 0. The molecule has 1 heterocycles. The molecule has 0 radical (unpaired) electrons. The molecule has 176 valence electrons. The van der Waals surface area contributed by atoms with E-state index in [0.717, 1.165) is 5.56 Å². The van der Waals surface area contributed by atoms with Gasteiger partial charge in [0.05, 0.1) is 40.1 Å². The van der Waals surface area contributed by atoms with Crippen molar-refractivity contribution in [3.8, 4) is 6.07 Å². The lowest BCUT2D eigenvalue weighted by Gasteiger charge is -2.45. The number of nitrogens with two attached hydrogens (primary N) is 2. The van der Waals surface area contributed by atoms with Gasteiger partial charge in [-0.05, 0) is 53.2 Å². The van der Waals surface area contributed by atoms with Crippen molar-refractivity contribution in [1.29, 1.82) is 5.26 Å². The average Bonchev–Trinajstić information content (AvgIpc) is 2.80. The molecule has 0 bridgehead atoms. The van der Waals surface area contributed by atoms with Gasteiger partial charge < -0.3 is 21.5 Å². The van der Waals surface area contributed by atoms with Crippen molar-refractivity contribution in [2.24, 2.45) is 11.7 Å². The van der Waals surface area contributed by atoms with E-state index in [1.165, 1.54) is 12.3 Å². The number of fused-ring (bicyclic) bond motifs is 1. The summed E-state index contributed by atoms with van der Waals surface area (Å²) in [7, 11) is 0. The van der Waals surface area contributed by atoms with Crippen molar-refractivity contribution in [3.05, 3.63) is 64.5 Å². The second-order valence-corrected chi connectivity index (χ2v) is 9.55. The Morgan fingerprint density at radius 1 is 1.35 bits per heavy atom. The molecule has 1 aromatic heterocycles. The highest BCUT2D eigenvalue weighted by atomic mass is 79.9. The summed E-state index contributed by atoms with van der Waals surface area (Å²) in [5.74, 6) is -0.548. The highest BCUT2D eigenvalue weighted by Crippen LogP contribution is 2.43. The standard InChI is InChI=1S/C25H25BrFN5O2/c26-19-12-18-22(13-20(19)27)31-14-21(29)23(18)32-17-6-7-25(8-9-28,34-24(30)33)16(11-17)10-15-4-2-1-3-5-15/h1-5,12-14,16-17H,6-8,10-11,29H2,(H2,30,33)(H,31,32). The molecule has 0 aliphatic heterocycles. The Labute approximate surface area is 205 Å². The van der Waals surface area contributed by atoms with Gasteiger partial charge in [-0.2, -0.15) is 5.26 Å². The molecule has 2 aromatic carbocycles. The number of halogens is 2. The first kappa shape index (κ1) is 23.8. The molecule has 4 rings (SSSR count). The lowest BCUT2D eigenvalue weighted by atomic mass is 9.69. The summed E-state index contributed by atoms with van der Waals surface area (Å²) in [4.78, 5) is 16.0. The number of anilines is 2. The fourth-order valence-electron chi connectivity index (χ4n) is 4.90. The van der Waals surface area contributed by atoms with Crippen LogP contribution in [0.25, 0.3) is 10.9 Å². The maximum atomic E-state index is 14.0. The zero-order chi connectivity index (χ0) is 24.3. The van der Waals surface area contributed by atoms with Crippen LogP contribution in [0.4, 0.5) is 20.6 Å². The lowest BCUT2D eigenvalue weighted by molar-refractivity contribution is -0.0551. The van der Waals surface area contributed by atoms with Crippen LogP contribution >= 0.6 is 15.9 Å². The van der Waals surface area contributed by atoms with Crippen LogP contribution in [-0.2, 0) is 11.2 Å². The van der Waals surface area contributed by atoms with Crippen LogP contribution in [0.15, 0.2) is 53.1 Å². The molecule has 3 atom stereocenters. The number of nitrogens with one attached hydrogen (secondary N) is 1. The number of hydrogen-bond donors (Lipinski definition) is 3. The fraction of sp³-hybridized carbons (Fsp3) is 0.320. The molecule has 34 heavy (non-hydrogen) atoms. The highest BCUT2D eigenvalue weighted by molar-refractivity contribution is 9.10. The van der Waals surface area contributed by atoms with E-state index in [0.29, 0.717) is 52.4 Å². The zero-order valence-corrected chi connectivity index (χ0v) is 20.0. The fourth-order valence-corrected chi connectivity index (χ4v) is 5.25. The van der Waals surface area contributed by atoms with Crippen LogP contribution in [0.2, 0.25) is 0 Å².